The molecule has 0 unspecified atom stereocenters. The first-order valence-electron chi connectivity index (χ1n) is 3.40. The van der Waals surface area contributed by atoms with Crippen LogP contribution >= 0.6 is 12.2 Å². The Kier molecular flexibility index (Phi) is 5.47. The number of aliphatic hydroxyl groups is 4. The summed E-state index contributed by atoms with van der Waals surface area (Å²) in [4.78, 5) is 0. The van der Waals surface area contributed by atoms with Gasteiger partial charge in [0.15, 0.2) is 0 Å². The van der Waals surface area contributed by atoms with E-state index in [0.29, 0.717) is 0 Å². The van der Waals surface area contributed by atoms with Crippen LogP contribution in [-0.4, -0.2) is 56.8 Å². The summed E-state index contributed by atoms with van der Waals surface area (Å²) in [6.45, 7) is -0.637. The second kappa shape index (κ2) is 5.52. The Hall–Kier alpha value is -0.110. The van der Waals surface area contributed by atoms with Crippen molar-refractivity contribution in [1.29, 1.82) is 0 Å². The molecule has 12 heavy (non-hydrogen) atoms. The molecule has 4 atom stereocenters. The number of thiocarbonyl (C=S) groups is 1. The van der Waals surface area contributed by atoms with E-state index >= 15 is 0 Å². The monoisotopic (exact) mass is 195 g/mol. The van der Waals surface area contributed by atoms with E-state index in [0.717, 1.165) is 5.37 Å². The van der Waals surface area contributed by atoms with Crippen LogP contribution in [0.15, 0.2) is 0 Å². The van der Waals surface area contributed by atoms with Crippen molar-refractivity contribution in [2.75, 3.05) is 6.61 Å². The van der Waals surface area contributed by atoms with Crippen LogP contribution in [0.1, 0.15) is 0 Å². The normalized spacial score (nSPS) is 21.1. The largest absolute Gasteiger partial charge is 0.394 e. The minimum Gasteiger partial charge on any atom is -0.394 e. The number of hydrogen-bond donors (Lipinski definition) is 5. The Morgan fingerprint density at radius 2 is 1.75 bits per heavy atom. The van der Waals surface area contributed by atoms with Gasteiger partial charge in [0.25, 0.3) is 0 Å². The third kappa shape index (κ3) is 3.10. The second-order valence-electron chi connectivity index (χ2n) is 2.44. The topological polar surface area (TPSA) is 107 Å². The van der Waals surface area contributed by atoms with Crippen LogP contribution < -0.4 is 5.73 Å². The van der Waals surface area contributed by atoms with E-state index in [9.17, 15) is 0 Å². The first kappa shape index (κ1) is 11.9. The molecular weight excluding hydrogens is 182 g/mol. The minimum absolute atomic E-state index is 0.637. The zero-order chi connectivity index (χ0) is 9.72. The molecule has 0 aromatic carbocycles. The molecule has 0 radical (unpaired) electrons. The zero-order valence-electron chi connectivity index (χ0n) is 6.37. The smallest absolute Gasteiger partial charge is 0.110 e. The highest BCUT2D eigenvalue weighted by molar-refractivity contribution is 7.79. The van der Waals surface area contributed by atoms with Gasteiger partial charge in [-0.25, -0.2) is 0 Å². The maximum atomic E-state index is 9.14. The maximum absolute atomic E-state index is 9.14. The Labute approximate surface area is 75.4 Å². The highest BCUT2D eigenvalue weighted by Gasteiger charge is 2.27. The third-order valence-electron chi connectivity index (χ3n) is 1.48. The Balaban J connectivity index is 4.07. The van der Waals surface area contributed by atoms with Gasteiger partial charge in [0.05, 0.1) is 12.6 Å². The molecule has 0 amide bonds. The molecular formula is C6H13NO4S. The van der Waals surface area contributed by atoms with E-state index in [-0.39, 0.29) is 0 Å². The van der Waals surface area contributed by atoms with Gasteiger partial charge in [-0.2, -0.15) is 0 Å². The zero-order valence-corrected chi connectivity index (χ0v) is 7.18. The van der Waals surface area contributed by atoms with Gasteiger partial charge < -0.3 is 26.2 Å². The molecule has 0 aliphatic heterocycles. The molecule has 0 saturated heterocycles. The van der Waals surface area contributed by atoms with E-state index < -0.39 is 31.0 Å². The molecule has 0 bridgehead atoms. The van der Waals surface area contributed by atoms with Crippen LogP contribution in [-0.2, 0) is 0 Å². The molecule has 0 heterocycles. The van der Waals surface area contributed by atoms with Gasteiger partial charge >= 0.3 is 0 Å². The predicted molar refractivity (Wildman–Crippen MR) is 46.7 cm³/mol. The highest BCUT2D eigenvalue weighted by Crippen LogP contribution is 2.02. The maximum Gasteiger partial charge on any atom is 0.110 e. The van der Waals surface area contributed by atoms with E-state index in [1.165, 1.54) is 0 Å². The number of aliphatic hydroxyl groups excluding tert-OH is 4. The molecule has 72 valence electrons. The summed E-state index contributed by atoms with van der Waals surface area (Å²) >= 11 is 4.43. The van der Waals surface area contributed by atoms with Gasteiger partial charge in [0, 0.05) is 0 Å². The number of hydrogen-bond acceptors (Lipinski definition) is 6. The molecule has 0 aromatic heterocycles. The van der Waals surface area contributed by atoms with Crippen molar-refractivity contribution in [1.82, 2.24) is 0 Å². The average Bonchev–Trinajstić information content (AvgIpc) is 2.12. The van der Waals surface area contributed by atoms with Crippen molar-refractivity contribution in [3.05, 3.63) is 0 Å². The van der Waals surface area contributed by atoms with Gasteiger partial charge in [-0.3, -0.25) is 0 Å². The summed E-state index contributed by atoms with van der Waals surface area (Å²) in [6, 6.07) is -0.892. The first-order chi connectivity index (χ1) is 5.54. The van der Waals surface area contributed by atoms with Crippen molar-refractivity contribution in [3.63, 3.8) is 0 Å². The van der Waals surface area contributed by atoms with Crippen molar-refractivity contribution < 1.29 is 20.4 Å². The van der Waals surface area contributed by atoms with Crippen molar-refractivity contribution in [2.24, 2.45) is 5.73 Å². The Morgan fingerprint density at radius 3 is 2.08 bits per heavy atom. The first-order valence-corrected chi connectivity index (χ1v) is 3.87. The molecule has 0 aromatic rings. The lowest BCUT2D eigenvalue weighted by Crippen LogP contribution is -2.49. The van der Waals surface area contributed by atoms with Crippen LogP contribution in [0, 0.1) is 0 Å². The second-order valence-corrected chi connectivity index (χ2v) is 2.72. The molecule has 6 heteroatoms. The summed E-state index contributed by atoms with van der Waals surface area (Å²) in [5.74, 6) is 0. The quantitative estimate of drug-likeness (QED) is 0.308. The Bertz CT molecular complexity index is 146. The number of nitrogens with two attached hydrogens (primary N) is 1. The highest BCUT2D eigenvalue weighted by atomic mass is 32.1. The summed E-state index contributed by atoms with van der Waals surface area (Å²) in [6.07, 6.45) is -4.24. The fourth-order valence-electron chi connectivity index (χ4n) is 0.644. The Morgan fingerprint density at radius 1 is 1.25 bits per heavy atom. The van der Waals surface area contributed by atoms with Crippen LogP contribution in [0.2, 0.25) is 0 Å². The SMILES string of the molecule is N[C@H](C=S)[C@H](O)[C@H](O)[C@@H](O)CO. The average molecular weight is 195 g/mol. The summed E-state index contributed by atoms with van der Waals surface area (Å²) in [5, 5.41) is 36.6. The minimum atomic E-state index is -1.48. The lowest BCUT2D eigenvalue weighted by Gasteiger charge is -2.23. The molecule has 0 rings (SSSR count). The van der Waals surface area contributed by atoms with Crippen molar-refractivity contribution in [3.8, 4) is 0 Å². The van der Waals surface area contributed by atoms with Gasteiger partial charge in [0.2, 0.25) is 0 Å². The van der Waals surface area contributed by atoms with Gasteiger partial charge in [0.1, 0.15) is 18.3 Å². The van der Waals surface area contributed by atoms with Crippen molar-refractivity contribution >= 4 is 17.6 Å². The van der Waals surface area contributed by atoms with Gasteiger partial charge in [-0.1, -0.05) is 12.2 Å². The molecule has 5 nitrogen and oxygen atoms in total. The molecule has 0 spiro atoms. The molecule has 0 fully saturated rings. The molecule has 0 aliphatic rings. The standard InChI is InChI=1S/C6H13NO4S/c7-3(2-12)5(10)6(11)4(9)1-8/h2-6,8-11H,1,7H2/t3-,4+,5+,6-/m1/s1. The van der Waals surface area contributed by atoms with Gasteiger partial charge in [-0.15, -0.1) is 0 Å². The van der Waals surface area contributed by atoms with Crippen LogP contribution in [0.5, 0.6) is 0 Å². The molecule has 6 N–H and O–H groups in total. The fraction of sp³-hybridized carbons (Fsp3) is 0.833. The summed E-state index contributed by atoms with van der Waals surface area (Å²) < 4.78 is 0. The van der Waals surface area contributed by atoms with Crippen LogP contribution in [0.25, 0.3) is 0 Å². The number of rotatable bonds is 5. The van der Waals surface area contributed by atoms with E-state index in [1.54, 1.807) is 0 Å². The van der Waals surface area contributed by atoms with Crippen molar-refractivity contribution in [2.45, 2.75) is 24.4 Å². The molecule has 0 saturated carbocycles. The summed E-state index contributed by atoms with van der Waals surface area (Å²) in [7, 11) is 0. The van der Waals surface area contributed by atoms with Gasteiger partial charge in [-0.05, 0) is 5.37 Å². The molecule has 0 aliphatic carbocycles. The van der Waals surface area contributed by atoms with E-state index in [2.05, 4.69) is 12.2 Å². The summed E-state index contributed by atoms with van der Waals surface area (Å²) in [5.41, 5.74) is 5.25. The van der Waals surface area contributed by atoms with E-state index in [4.69, 9.17) is 26.2 Å². The fourth-order valence-corrected chi connectivity index (χ4v) is 0.805. The van der Waals surface area contributed by atoms with E-state index in [1.807, 2.05) is 0 Å². The van der Waals surface area contributed by atoms with Crippen LogP contribution in [0.3, 0.4) is 0 Å². The third-order valence-corrected chi connectivity index (χ3v) is 1.80. The van der Waals surface area contributed by atoms with Crippen LogP contribution in [0.4, 0.5) is 0 Å². The lowest BCUT2D eigenvalue weighted by molar-refractivity contribution is -0.0770. The lowest BCUT2D eigenvalue weighted by atomic mass is 10.0. The predicted octanol–water partition coefficient (Wildman–Crippen LogP) is -2.61.